The van der Waals surface area contributed by atoms with Crippen LogP contribution in [-0.4, -0.2) is 32.9 Å². The van der Waals surface area contributed by atoms with Gasteiger partial charge in [0, 0.05) is 23.6 Å². The van der Waals surface area contributed by atoms with Crippen LogP contribution in [0.15, 0.2) is 52.8 Å². The van der Waals surface area contributed by atoms with E-state index in [0.717, 1.165) is 16.5 Å². The van der Waals surface area contributed by atoms with E-state index < -0.39 is 0 Å². The first kappa shape index (κ1) is 15.4. The van der Waals surface area contributed by atoms with E-state index in [1.807, 2.05) is 30.5 Å². The highest BCUT2D eigenvalue weighted by atomic mass is 32.2. The highest BCUT2D eigenvalue weighted by Crippen LogP contribution is 2.30. The molecule has 2 aromatic heterocycles. The van der Waals surface area contributed by atoms with Crippen molar-refractivity contribution in [3.05, 3.63) is 43.1 Å². The Balaban J connectivity index is 1.75. The van der Waals surface area contributed by atoms with E-state index in [0.29, 0.717) is 17.7 Å². The molecule has 1 atom stereocenters. The SMILES string of the molecule is C=CCNC(=O)[C@@H](C)Sc1nnc(-c2c[nH]c3ccccc23)o1. The van der Waals surface area contributed by atoms with Gasteiger partial charge in [-0.15, -0.1) is 16.8 Å². The van der Waals surface area contributed by atoms with Crippen molar-refractivity contribution in [3.63, 3.8) is 0 Å². The number of nitrogens with one attached hydrogen (secondary N) is 2. The Kier molecular flexibility index (Phi) is 4.47. The van der Waals surface area contributed by atoms with Gasteiger partial charge in [0.15, 0.2) is 0 Å². The molecule has 0 aliphatic heterocycles. The lowest BCUT2D eigenvalue weighted by Gasteiger charge is -2.07. The fraction of sp³-hybridized carbons (Fsp3) is 0.188. The third-order valence-corrected chi connectivity index (χ3v) is 4.23. The molecule has 1 aromatic carbocycles. The number of aromatic amines is 1. The first-order chi connectivity index (χ1) is 11.2. The van der Waals surface area contributed by atoms with Crippen LogP contribution in [0.25, 0.3) is 22.4 Å². The summed E-state index contributed by atoms with van der Waals surface area (Å²) in [6.07, 6.45) is 3.48. The van der Waals surface area contributed by atoms with Crippen molar-refractivity contribution in [2.24, 2.45) is 0 Å². The van der Waals surface area contributed by atoms with Crippen LogP contribution in [0.1, 0.15) is 6.92 Å². The van der Waals surface area contributed by atoms with Gasteiger partial charge in [0.05, 0.1) is 10.8 Å². The first-order valence-electron chi connectivity index (χ1n) is 7.14. The van der Waals surface area contributed by atoms with Crippen molar-refractivity contribution < 1.29 is 9.21 Å². The number of hydrogen-bond donors (Lipinski definition) is 2. The van der Waals surface area contributed by atoms with Crippen molar-refractivity contribution in [3.8, 4) is 11.5 Å². The molecular formula is C16H16N4O2S. The van der Waals surface area contributed by atoms with Crippen LogP contribution in [0, 0.1) is 0 Å². The van der Waals surface area contributed by atoms with Gasteiger partial charge in [-0.05, 0) is 13.0 Å². The molecule has 0 aliphatic rings. The third-order valence-electron chi connectivity index (χ3n) is 3.29. The molecule has 0 spiro atoms. The molecule has 1 amide bonds. The summed E-state index contributed by atoms with van der Waals surface area (Å²) in [7, 11) is 0. The summed E-state index contributed by atoms with van der Waals surface area (Å²) in [5.74, 6) is 0.338. The maximum absolute atomic E-state index is 11.8. The van der Waals surface area contributed by atoms with Gasteiger partial charge in [0.1, 0.15) is 0 Å². The zero-order valence-electron chi connectivity index (χ0n) is 12.6. The number of hydrogen-bond acceptors (Lipinski definition) is 5. The van der Waals surface area contributed by atoms with Crippen LogP contribution < -0.4 is 5.32 Å². The number of thioether (sulfide) groups is 1. The van der Waals surface area contributed by atoms with Gasteiger partial charge >= 0.3 is 0 Å². The second-order valence-corrected chi connectivity index (χ2v) is 6.21. The molecule has 7 heteroatoms. The third kappa shape index (κ3) is 3.29. The van der Waals surface area contributed by atoms with E-state index in [2.05, 4.69) is 27.1 Å². The lowest BCUT2D eigenvalue weighted by atomic mass is 10.2. The highest BCUT2D eigenvalue weighted by Gasteiger charge is 2.19. The Hall–Kier alpha value is -2.54. The number of rotatable bonds is 6. The molecule has 0 saturated carbocycles. The lowest BCUT2D eigenvalue weighted by Crippen LogP contribution is -2.30. The Labute approximate surface area is 137 Å². The lowest BCUT2D eigenvalue weighted by molar-refractivity contribution is -0.120. The van der Waals surface area contributed by atoms with Crippen LogP contribution >= 0.6 is 11.8 Å². The van der Waals surface area contributed by atoms with E-state index >= 15 is 0 Å². The largest absolute Gasteiger partial charge is 0.411 e. The van der Waals surface area contributed by atoms with Crippen LogP contribution in [0.4, 0.5) is 0 Å². The Morgan fingerprint density at radius 1 is 1.48 bits per heavy atom. The van der Waals surface area contributed by atoms with Crippen LogP contribution in [0.3, 0.4) is 0 Å². The van der Waals surface area contributed by atoms with E-state index in [9.17, 15) is 4.79 Å². The Bertz CT molecular complexity index is 839. The van der Waals surface area contributed by atoms with E-state index in [1.54, 1.807) is 13.0 Å². The van der Waals surface area contributed by atoms with E-state index in [1.165, 1.54) is 11.8 Å². The van der Waals surface area contributed by atoms with Gasteiger partial charge in [-0.1, -0.05) is 36.0 Å². The second kappa shape index (κ2) is 6.70. The summed E-state index contributed by atoms with van der Waals surface area (Å²) >= 11 is 1.23. The molecule has 0 aliphatic carbocycles. The number of carbonyl (C=O) groups is 1. The number of carbonyl (C=O) groups excluding carboxylic acids is 1. The number of benzene rings is 1. The van der Waals surface area contributed by atoms with Crippen molar-refractivity contribution >= 4 is 28.6 Å². The molecule has 0 unspecified atom stereocenters. The maximum atomic E-state index is 11.8. The molecule has 0 bridgehead atoms. The average Bonchev–Trinajstić information content (AvgIpc) is 3.18. The summed E-state index contributed by atoms with van der Waals surface area (Å²) < 4.78 is 5.68. The molecule has 3 aromatic rings. The minimum absolute atomic E-state index is 0.0956. The standard InChI is InChI=1S/C16H16N4O2S/c1-3-8-17-14(21)10(2)23-16-20-19-15(22-16)12-9-18-13-7-5-4-6-11(12)13/h3-7,9-10,18H,1,8H2,2H3,(H,17,21)/t10-/m1/s1. The normalized spacial score (nSPS) is 12.2. The fourth-order valence-corrected chi connectivity index (χ4v) is 2.84. The summed E-state index contributed by atoms with van der Waals surface area (Å²) in [4.78, 5) is 15.0. The molecular weight excluding hydrogens is 312 g/mol. The minimum Gasteiger partial charge on any atom is -0.411 e. The molecule has 3 rings (SSSR count). The highest BCUT2D eigenvalue weighted by molar-refractivity contribution is 8.00. The van der Waals surface area contributed by atoms with Crippen molar-refractivity contribution in [2.75, 3.05) is 6.54 Å². The number of fused-ring (bicyclic) bond motifs is 1. The monoisotopic (exact) mass is 328 g/mol. The molecule has 2 heterocycles. The Morgan fingerprint density at radius 2 is 2.30 bits per heavy atom. The Morgan fingerprint density at radius 3 is 3.13 bits per heavy atom. The topological polar surface area (TPSA) is 83.8 Å². The van der Waals surface area contributed by atoms with Gasteiger partial charge < -0.3 is 14.7 Å². The number of H-pyrrole nitrogens is 1. The average molecular weight is 328 g/mol. The smallest absolute Gasteiger partial charge is 0.277 e. The maximum Gasteiger partial charge on any atom is 0.277 e. The van der Waals surface area contributed by atoms with Gasteiger partial charge in [0.2, 0.25) is 5.91 Å². The van der Waals surface area contributed by atoms with E-state index in [4.69, 9.17) is 4.42 Å². The van der Waals surface area contributed by atoms with Crippen LogP contribution in [0.2, 0.25) is 0 Å². The van der Waals surface area contributed by atoms with Gasteiger partial charge in [-0.3, -0.25) is 4.79 Å². The summed E-state index contributed by atoms with van der Waals surface area (Å²) in [5.41, 5.74) is 1.86. The van der Waals surface area contributed by atoms with Crippen molar-refractivity contribution in [1.29, 1.82) is 0 Å². The van der Waals surface area contributed by atoms with Crippen LogP contribution in [0.5, 0.6) is 0 Å². The van der Waals surface area contributed by atoms with Gasteiger partial charge in [0.25, 0.3) is 11.1 Å². The van der Waals surface area contributed by atoms with E-state index in [-0.39, 0.29) is 11.2 Å². The number of amides is 1. The number of para-hydroxylation sites is 1. The minimum atomic E-state index is -0.328. The second-order valence-electron chi connectivity index (χ2n) is 4.91. The van der Waals surface area contributed by atoms with Crippen LogP contribution in [-0.2, 0) is 4.79 Å². The molecule has 2 N–H and O–H groups in total. The predicted octanol–water partition coefficient (Wildman–Crippen LogP) is 3.00. The molecule has 23 heavy (non-hydrogen) atoms. The molecule has 118 valence electrons. The number of nitrogens with zero attached hydrogens (tertiary/aromatic N) is 2. The van der Waals surface area contributed by atoms with Crippen molar-refractivity contribution in [2.45, 2.75) is 17.4 Å². The zero-order chi connectivity index (χ0) is 16.2. The predicted molar refractivity (Wildman–Crippen MR) is 90.1 cm³/mol. The molecule has 6 nitrogen and oxygen atoms in total. The molecule has 0 radical (unpaired) electrons. The van der Waals surface area contributed by atoms with Gasteiger partial charge in [-0.2, -0.15) is 0 Å². The fourth-order valence-electron chi connectivity index (χ4n) is 2.14. The van der Waals surface area contributed by atoms with Crippen molar-refractivity contribution in [1.82, 2.24) is 20.5 Å². The zero-order valence-corrected chi connectivity index (χ0v) is 13.4. The summed E-state index contributed by atoms with van der Waals surface area (Å²) in [5, 5.41) is 11.9. The summed E-state index contributed by atoms with van der Waals surface area (Å²) in [6.45, 7) is 5.80. The first-order valence-corrected chi connectivity index (χ1v) is 8.02. The van der Waals surface area contributed by atoms with Gasteiger partial charge in [-0.25, -0.2) is 0 Å². The number of aromatic nitrogens is 3. The molecule has 0 saturated heterocycles. The quantitative estimate of drug-likeness (QED) is 0.537. The molecule has 0 fully saturated rings. The summed E-state index contributed by atoms with van der Waals surface area (Å²) in [6, 6.07) is 7.89.